The Balaban J connectivity index is 2.23. The van der Waals surface area contributed by atoms with Gasteiger partial charge in [-0.1, -0.05) is 12.1 Å². The summed E-state index contributed by atoms with van der Waals surface area (Å²) in [4.78, 5) is 1.10. The first-order chi connectivity index (χ1) is 8.24. The van der Waals surface area contributed by atoms with Gasteiger partial charge < -0.3 is 0 Å². The lowest BCUT2D eigenvalue weighted by Crippen LogP contribution is -2.02. The molecular formula is C12H7F2N3. The van der Waals surface area contributed by atoms with Gasteiger partial charge in [-0.05, 0) is 24.3 Å². The molecule has 84 valence electrons. The van der Waals surface area contributed by atoms with E-state index in [0.717, 1.165) is 23.0 Å². The largest absolute Gasteiger partial charge is 0.207 e. The Morgan fingerprint density at radius 2 is 1.53 bits per heavy atom. The Bertz CT molecular complexity index is 658. The predicted octanol–water partition coefficient (Wildman–Crippen LogP) is 2.70. The van der Waals surface area contributed by atoms with Gasteiger partial charge >= 0.3 is 0 Å². The van der Waals surface area contributed by atoms with E-state index in [4.69, 9.17) is 0 Å². The number of halogens is 2. The second kappa shape index (κ2) is 3.62. The zero-order chi connectivity index (χ0) is 11.8. The molecule has 0 bridgehead atoms. The molecule has 0 atom stereocenters. The SMILES string of the molecule is Fc1ccc(F)c(-n2nc3ccccc3n2)c1. The zero-order valence-electron chi connectivity index (χ0n) is 8.64. The average Bonchev–Trinajstić information content (AvgIpc) is 2.75. The van der Waals surface area contributed by atoms with Crippen LogP contribution in [0, 0.1) is 11.6 Å². The molecular weight excluding hydrogens is 224 g/mol. The first kappa shape index (κ1) is 9.89. The zero-order valence-corrected chi connectivity index (χ0v) is 8.64. The van der Waals surface area contributed by atoms with Crippen molar-refractivity contribution in [1.29, 1.82) is 0 Å². The highest BCUT2D eigenvalue weighted by atomic mass is 19.1. The van der Waals surface area contributed by atoms with Crippen molar-refractivity contribution in [2.45, 2.75) is 0 Å². The minimum absolute atomic E-state index is 0.00111. The minimum Gasteiger partial charge on any atom is -0.207 e. The van der Waals surface area contributed by atoms with E-state index >= 15 is 0 Å². The Morgan fingerprint density at radius 1 is 0.882 bits per heavy atom. The summed E-state index contributed by atoms with van der Waals surface area (Å²) in [6.45, 7) is 0. The summed E-state index contributed by atoms with van der Waals surface area (Å²) in [6, 6.07) is 10.3. The van der Waals surface area contributed by atoms with Gasteiger partial charge in [-0.2, -0.15) is 0 Å². The number of hydrogen-bond donors (Lipinski definition) is 0. The Kier molecular flexibility index (Phi) is 2.11. The van der Waals surface area contributed by atoms with Gasteiger partial charge in [0, 0.05) is 6.07 Å². The maximum Gasteiger partial charge on any atom is 0.150 e. The van der Waals surface area contributed by atoms with Gasteiger partial charge in [0.25, 0.3) is 0 Å². The molecule has 17 heavy (non-hydrogen) atoms. The van der Waals surface area contributed by atoms with E-state index in [1.54, 1.807) is 12.1 Å². The van der Waals surface area contributed by atoms with Gasteiger partial charge in [0.15, 0.2) is 5.82 Å². The van der Waals surface area contributed by atoms with E-state index in [9.17, 15) is 8.78 Å². The van der Waals surface area contributed by atoms with Crippen LogP contribution in [-0.2, 0) is 0 Å². The summed E-state index contributed by atoms with van der Waals surface area (Å²) in [5, 5.41) is 8.17. The van der Waals surface area contributed by atoms with Gasteiger partial charge in [-0.25, -0.2) is 8.78 Å². The lowest BCUT2D eigenvalue weighted by molar-refractivity contribution is 0.577. The molecule has 2 aromatic carbocycles. The monoisotopic (exact) mass is 231 g/mol. The third kappa shape index (κ3) is 1.65. The standard InChI is InChI=1S/C12H7F2N3/c13-8-5-6-9(14)12(7-8)17-15-10-3-1-2-4-11(10)16-17/h1-7H. The van der Waals surface area contributed by atoms with Crippen LogP contribution >= 0.6 is 0 Å². The summed E-state index contributed by atoms with van der Waals surface area (Å²) in [5.41, 5.74) is 1.27. The fourth-order valence-corrected chi connectivity index (χ4v) is 1.61. The number of benzene rings is 2. The Hall–Kier alpha value is -2.30. The molecule has 3 aromatic rings. The summed E-state index contributed by atoms with van der Waals surface area (Å²) in [6.07, 6.45) is 0. The van der Waals surface area contributed by atoms with Crippen molar-refractivity contribution in [2.24, 2.45) is 0 Å². The van der Waals surface area contributed by atoms with E-state index in [2.05, 4.69) is 10.2 Å². The lowest BCUT2D eigenvalue weighted by atomic mass is 10.3. The molecule has 0 spiro atoms. The summed E-state index contributed by atoms with van der Waals surface area (Å²) in [5.74, 6) is -1.09. The Labute approximate surface area is 95.3 Å². The second-order valence-corrected chi connectivity index (χ2v) is 3.57. The van der Waals surface area contributed by atoms with E-state index in [1.165, 1.54) is 0 Å². The van der Waals surface area contributed by atoms with Crippen LogP contribution < -0.4 is 0 Å². The van der Waals surface area contributed by atoms with Gasteiger partial charge in [-0.3, -0.25) is 0 Å². The van der Waals surface area contributed by atoms with Crippen molar-refractivity contribution >= 4 is 11.0 Å². The molecule has 3 nitrogen and oxygen atoms in total. The van der Waals surface area contributed by atoms with Crippen molar-refractivity contribution in [3.05, 3.63) is 54.1 Å². The molecule has 1 heterocycles. The fourth-order valence-electron chi connectivity index (χ4n) is 1.61. The second-order valence-electron chi connectivity index (χ2n) is 3.57. The van der Waals surface area contributed by atoms with Crippen molar-refractivity contribution in [1.82, 2.24) is 15.0 Å². The van der Waals surface area contributed by atoms with Gasteiger partial charge in [0.2, 0.25) is 0 Å². The Morgan fingerprint density at radius 3 is 2.18 bits per heavy atom. The van der Waals surface area contributed by atoms with Crippen LogP contribution in [0.5, 0.6) is 0 Å². The first-order valence-electron chi connectivity index (χ1n) is 5.01. The molecule has 0 aliphatic heterocycles. The molecule has 0 aliphatic rings. The molecule has 0 radical (unpaired) electrons. The minimum atomic E-state index is -0.563. The van der Waals surface area contributed by atoms with Crippen LogP contribution in [-0.4, -0.2) is 15.0 Å². The number of aromatic nitrogens is 3. The molecule has 0 unspecified atom stereocenters. The normalized spacial score (nSPS) is 10.9. The molecule has 0 saturated heterocycles. The molecule has 0 saturated carbocycles. The molecule has 1 aromatic heterocycles. The van der Waals surface area contributed by atoms with Crippen molar-refractivity contribution in [3.63, 3.8) is 0 Å². The number of hydrogen-bond acceptors (Lipinski definition) is 2. The van der Waals surface area contributed by atoms with Gasteiger partial charge in [0.1, 0.15) is 22.5 Å². The quantitative estimate of drug-likeness (QED) is 0.644. The maximum absolute atomic E-state index is 13.5. The van der Waals surface area contributed by atoms with E-state index in [0.29, 0.717) is 11.0 Å². The average molecular weight is 231 g/mol. The van der Waals surface area contributed by atoms with Crippen LogP contribution in [0.4, 0.5) is 8.78 Å². The van der Waals surface area contributed by atoms with Crippen LogP contribution in [0.15, 0.2) is 42.5 Å². The van der Waals surface area contributed by atoms with Crippen LogP contribution in [0.1, 0.15) is 0 Å². The third-order valence-corrected chi connectivity index (χ3v) is 2.41. The number of nitrogens with zero attached hydrogens (tertiary/aromatic N) is 3. The van der Waals surface area contributed by atoms with Crippen LogP contribution in [0.2, 0.25) is 0 Å². The van der Waals surface area contributed by atoms with Crippen LogP contribution in [0.25, 0.3) is 16.7 Å². The molecule has 0 N–H and O–H groups in total. The van der Waals surface area contributed by atoms with Gasteiger partial charge in [-0.15, -0.1) is 15.0 Å². The summed E-state index contributed by atoms with van der Waals surface area (Å²) >= 11 is 0. The predicted molar refractivity (Wildman–Crippen MR) is 58.8 cm³/mol. The van der Waals surface area contributed by atoms with Gasteiger partial charge in [0.05, 0.1) is 0 Å². The van der Waals surface area contributed by atoms with Crippen molar-refractivity contribution < 1.29 is 8.78 Å². The van der Waals surface area contributed by atoms with E-state index in [-0.39, 0.29) is 5.69 Å². The van der Waals surface area contributed by atoms with E-state index < -0.39 is 11.6 Å². The lowest BCUT2D eigenvalue weighted by Gasteiger charge is -2.00. The third-order valence-electron chi connectivity index (χ3n) is 2.41. The van der Waals surface area contributed by atoms with Crippen LogP contribution in [0.3, 0.4) is 0 Å². The summed E-state index contributed by atoms with van der Waals surface area (Å²) in [7, 11) is 0. The topological polar surface area (TPSA) is 30.7 Å². The highest BCUT2D eigenvalue weighted by molar-refractivity contribution is 5.73. The van der Waals surface area contributed by atoms with E-state index in [1.807, 2.05) is 12.1 Å². The maximum atomic E-state index is 13.5. The highest BCUT2D eigenvalue weighted by Crippen LogP contribution is 2.15. The number of fused-ring (bicyclic) bond motifs is 1. The molecule has 0 aliphatic carbocycles. The fraction of sp³-hybridized carbons (Fsp3) is 0. The smallest absolute Gasteiger partial charge is 0.150 e. The molecule has 5 heteroatoms. The van der Waals surface area contributed by atoms with Crippen molar-refractivity contribution in [2.75, 3.05) is 0 Å². The molecule has 3 rings (SSSR count). The first-order valence-corrected chi connectivity index (χ1v) is 5.01. The summed E-state index contributed by atoms with van der Waals surface area (Å²) < 4.78 is 26.6. The number of rotatable bonds is 1. The molecule has 0 amide bonds. The highest BCUT2D eigenvalue weighted by Gasteiger charge is 2.09. The molecule has 0 fully saturated rings. The van der Waals surface area contributed by atoms with Crippen molar-refractivity contribution in [3.8, 4) is 5.69 Å².